The minimum absolute atomic E-state index is 0.149. The summed E-state index contributed by atoms with van der Waals surface area (Å²) in [6.07, 6.45) is 4.04. The van der Waals surface area contributed by atoms with Crippen LogP contribution in [0.4, 0.5) is 13.2 Å². The van der Waals surface area contributed by atoms with Crippen molar-refractivity contribution in [3.63, 3.8) is 0 Å². The van der Waals surface area contributed by atoms with E-state index in [-0.39, 0.29) is 19.1 Å². The van der Waals surface area contributed by atoms with Crippen LogP contribution in [-0.2, 0) is 23.9 Å². The third-order valence-corrected chi connectivity index (χ3v) is 5.88. The fourth-order valence-electron chi connectivity index (χ4n) is 3.98. The quantitative estimate of drug-likeness (QED) is 0.271. The van der Waals surface area contributed by atoms with Gasteiger partial charge in [0.1, 0.15) is 11.6 Å². The molecule has 0 spiro atoms. The van der Waals surface area contributed by atoms with Crippen molar-refractivity contribution < 1.29 is 37.1 Å². The number of nitrogens with zero attached hydrogens (tertiary/aromatic N) is 1. The molecule has 3 atom stereocenters. The van der Waals surface area contributed by atoms with E-state index in [2.05, 4.69) is 12.2 Å². The van der Waals surface area contributed by atoms with Gasteiger partial charge in [-0.25, -0.2) is 4.79 Å². The largest absolute Gasteiger partial charge is 0.471 e. The van der Waals surface area contributed by atoms with Crippen LogP contribution in [0.2, 0.25) is 0 Å². The molecule has 2 rings (SSSR count). The number of carbonyl (C=O) groups excluding carboxylic acids is 4. The summed E-state index contributed by atoms with van der Waals surface area (Å²) < 4.78 is 42.2. The first-order valence-electron chi connectivity index (χ1n) is 11.4. The molecule has 0 aromatic heterocycles. The monoisotopic (exact) mass is 475 g/mol. The normalized spacial score (nSPS) is 24.6. The van der Waals surface area contributed by atoms with Crippen molar-refractivity contribution in [3.8, 4) is 0 Å². The topological polar surface area (TPSA) is 105 Å². The van der Waals surface area contributed by atoms with Crippen LogP contribution in [0.15, 0.2) is 12.2 Å². The molecule has 3 amide bonds. The summed E-state index contributed by atoms with van der Waals surface area (Å²) in [6.45, 7) is 3.22. The molecule has 11 heteroatoms. The lowest BCUT2D eigenvalue weighted by Crippen LogP contribution is -2.54. The fraction of sp³-hybridized carbons (Fsp3) is 0.727. The Morgan fingerprint density at radius 1 is 1.18 bits per heavy atom. The summed E-state index contributed by atoms with van der Waals surface area (Å²) in [5.74, 6) is -4.34. The molecule has 1 saturated carbocycles. The van der Waals surface area contributed by atoms with E-state index in [1.165, 1.54) is 5.32 Å². The van der Waals surface area contributed by atoms with Gasteiger partial charge < -0.3 is 20.3 Å². The third-order valence-electron chi connectivity index (χ3n) is 5.88. The van der Waals surface area contributed by atoms with Crippen molar-refractivity contribution in [1.29, 1.82) is 0 Å². The van der Waals surface area contributed by atoms with Crippen molar-refractivity contribution in [2.75, 3.05) is 19.7 Å². The van der Waals surface area contributed by atoms with Gasteiger partial charge in [-0.05, 0) is 39.0 Å². The van der Waals surface area contributed by atoms with Crippen molar-refractivity contribution in [3.05, 3.63) is 12.2 Å². The Bertz CT molecular complexity index is 771. The molecule has 1 saturated heterocycles. The Hall–Kier alpha value is -2.59. The van der Waals surface area contributed by atoms with Gasteiger partial charge in [0.25, 0.3) is 0 Å². The number of ether oxygens (including phenoxy) is 1. The van der Waals surface area contributed by atoms with Crippen LogP contribution in [0.3, 0.4) is 0 Å². The molecule has 0 aromatic carbocycles. The Labute approximate surface area is 191 Å². The van der Waals surface area contributed by atoms with Crippen LogP contribution in [0, 0.1) is 5.92 Å². The number of nitrogens with one attached hydrogen (secondary N) is 2. The SMILES string of the molecule is CCCCC/C=C\[C@@H]1C[C@]1(NC(=O)[C@@H]1CCCN1C(=O)CNC(=O)C(F)(F)F)C(=O)OCC. The van der Waals surface area contributed by atoms with Gasteiger partial charge >= 0.3 is 18.1 Å². The van der Waals surface area contributed by atoms with Crippen LogP contribution in [0.25, 0.3) is 0 Å². The number of unbranched alkanes of at least 4 members (excludes halogenated alkanes) is 3. The van der Waals surface area contributed by atoms with Crippen LogP contribution in [0.5, 0.6) is 0 Å². The lowest BCUT2D eigenvalue weighted by molar-refractivity contribution is -0.174. The van der Waals surface area contributed by atoms with Crippen LogP contribution in [0.1, 0.15) is 58.8 Å². The molecule has 1 heterocycles. The highest BCUT2D eigenvalue weighted by molar-refractivity contribution is 5.96. The minimum atomic E-state index is -5.10. The van der Waals surface area contributed by atoms with Gasteiger partial charge in [-0.2, -0.15) is 13.2 Å². The average molecular weight is 476 g/mol. The predicted octanol–water partition coefficient (Wildman–Crippen LogP) is 2.23. The van der Waals surface area contributed by atoms with Gasteiger partial charge in [0.2, 0.25) is 11.8 Å². The molecular formula is C22H32F3N3O5. The Morgan fingerprint density at radius 2 is 1.91 bits per heavy atom. The molecular weight excluding hydrogens is 443 g/mol. The predicted molar refractivity (Wildman–Crippen MR) is 113 cm³/mol. The van der Waals surface area contributed by atoms with Crippen LogP contribution in [-0.4, -0.2) is 66.0 Å². The Morgan fingerprint density at radius 3 is 2.55 bits per heavy atom. The van der Waals surface area contributed by atoms with Crippen LogP contribution < -0.4 is 10.6 Å². The number of halogens is 3. The third kappa shape index (κ3) is 6.94. The number of allylic oxidation sites excluding steroid dienone is 1. The molecule has 0 bridgehead atoms. The molecule has 0 unspecified atom stereocenters. The van der Waals surface area contributed by atoms with E-state index in [0.29, 0.717) is 19.3 Å². The average Bonchev–Trinajstić information content (AvgIpc) is 3.21. The van der Waals surface area contributed by atoms with Gasteiger partial charge in [0, 0.05) is 12.5 Å². The molecule has 1 aliphatic carbocycles. The van der Waals surface area contributed by atoms with Crippen molar-refractivity contribution in [2.24, 2.45) is 5.92 Å². The zero-order valence-electron chi connectivity index (χ0n) is 19.0. The number of carbonyl (C=O) groups is 4. The molecule has 1 aliphatic heterocycles. The first-order chi connectivity index (χ1) is 15.6. The smallest absolute Gasteiger partial charge is 0.464 e. The second-order valence-electron chi connectivity index (χ2n) is 8.34. The zero-order valence-corrected chi connectivity index (χ0v) is 19.0. The summed E-state index contributed by atoms with van der Waals surface area (Å²) in [7, 11) is 0. The highest BCUT2D eigenvalue weighted by Gasteiger charge is 2.61. The molecule has 2 aliphatic rings. The number of rotatable bonds is 11. The van der Waals surface area contributed by atoms with E-state index in [1.807, 2.05) is 12.2 Å². The van der Waals surface area contributed by atoms with Crippen molar-refractivity contribution in [2.45, 2.75) is 76.6 Å². The van der Waals surface area contributed by atoms with E-state index >= 15 is 0 Å². The van der Waals surface area contributed by atoms with Gasteiger partial charge in [-0.15, -0.1) is 0 Å². The summed E-state index contributed by atoms with van der Waals surface area (Å²) in [4.78, 5) is 50.1. The number of esters is 1. The maximum Gasteiger partial charge on any atom is 0.471 e. The summed E-state index contributed by atoms with van der Waals surface area (Å²) >= 11 is 0. The first-order valence-corrected chi connectivity index (χ1v) is 11.4. The number of likely N-dealkylation sites (tertiary alicyclic amines) is 1. The summed E-state index contributed by atoms with van der Waals surface area (Å²) in [6, 6.07) is -0.929. The lowest BCUT2D eigenvalue weighted by Gasteiger charge is -2.26. The minimum Gasteiger partial charge on any atom is -0.464 e. The highest BCUT2D eigenvalue weighted by atomic mass is 19.4. The molecule has 2 fully saturated rings. The van der Waals surface area contributed by atoms with E-state index in [4.69, 9.17) is 4.74 Å². The van der Waals surface area contributed by atoms with Gasteiger partial charge in [-0.1, -0.05) is 31.9 Å². The zero-order chi connectivity index (χ0) is 24.6. The maximum absolute atomic E-state index is 13.0. The number of alkyl halides is 3. The molecule has 186 valence electrons. The number of amides is 3. The molecule has 0 aromatic rings. The Kier molecular flexibility index (Phi) is 9.30. The number of hydrogen-bond donors (Lipinski definition) is 2. The first kappa shape index (κ1) is 26.7. The highest BCUT2D eigenvalue weighted by Crippen LogP contribution is 2.46. The second kappa shape index (κ2) is 11.5. The van der Waals surface area contributed by atoms with Crippen LogP contribution >= 0.6 is 0 Å². The molecule has 8 nitrogen and oxygen atoms in total. The second-order valence-corrected chi connectivity index (χ2v) is 8.34. The van der Waals surface area contributed by atoms with E-state index in [0.717, 1.165) is 30.6 Å². The number of hydrogen-bond acceptors (Lipinski definition) is 5. The van der Waals surface area contributed by atoms with Crippen molar-refractivity contribution >= 4 is 23.7 Å². The summed E-state index contributed by atoms with van der Waals surface area (Å²) in [5, 5.41) is 4.27. The fourth-order valence-corrected chi connectivity index (χ4v) is 3.98. The maximum atomic E-state index is 13.0. The standard InChI is InChI=1S/C22H32F3N3O5/c1-3-5-6-7-8-10-15-13-21(15,20(32)33-4-2)27-18(30)16-11-9-12-28(16)17(29)14-26-19(31)22(23,24)25/h8,10,15-16H,3-7,9,11-14H2,1-2H3,(H,26,31)(H,27,30)/b10-8-/t15-,16+,21-/m1/s1. The van der Waals surface area contributed by atoms with E-state index in [9.17, 15) is 32.3 Å². The Balaban J connectivity index is 2.01. The van der Waals surface area contributed by atoms with Gasteiger partial charge in [-0.3, -0.25) is 14.4 Å². The lowest BCUT2D eigenvalue weighted by atomic mass is 10.1. The van der Waals surface area contributed by atoms with Crippen molar-refractivity contribution in [1.82, 2.24) is 15.5 Å². The molecule has 2 N–H and O–H groups in total. The van der Waals surface area contributed by atoms with Gasteiger partial charge in [0.15, 0.2) is 0 Å². The summed E-state index contributed by atoms with van der Waals surface area (Å²) in [5.41, 5.74) is -1.20. The van der Waals surface area contributed by atoms with E-state index < -0.39 is 48.0 Å². The molecule has 33 heavy (non-hydrogen) atoms. The molecule has 0 radical (unpaired) electrons. The van der Waals surface area contributed by atoms with Gasteiger partial charge in [0.05, 0.1) is 13.2 Å². The van der Waals surface area contributed by atoms with E-state index in [1.54, 1.807) is 6.92 Å².